The Morgan fingerprint density at radius 2 is 2.00 bits per heavy atom. The van der Waals surface area contributed by atoms with Crippen molar-refractivity contribution in [2.24, 2.45) is 0 Å². The normalized spacial score (nSPS) is 14.9. The van der Waals surface area contributed by atoms with Crippen LogP contribution < -0.4 is 15.5 Å². The molecule has 1 N–H and O–H groups in total. The number of ether oxygens (including phenoxy) is 1. The van der Waals surface area contributed by atoms with Gasteiger partial charge in [0.25, 0.3) is 5.91 Å². The summed E-state index contributed by atoms with van der Waals surface area (Å²) in [4.78, 5) is 15.0. The van der Waals surface area contributed by atoms with Gasteiger partial charge in [0.2, 0.25) is 0 Å². The third-order valence-corrected chi connectivity index (χ3v) is 4.80. The molecule has 1 saturated carbocycles. The summed E-state index contributed by atoms with van der Waals surface area (Å²) in [6.07, 6.45) is 1.86. The highest BCUT2D eigenvalue weighted by Gasteiger charge is 2.45. The summed E-state index contributed by atoms with van der Waals surface area (Å²) in [5, 5.41) is 3.21. The minimum absolute atomic E-state index is 0.0690. The van der Waals surface area contributed by atoms with Crippen LogP contribution in [0.15, 0.2) is 42.5 Å². The van der Waals surface area contributed by atoms with Crippen molar-refractivity contribution in [1.82, 2.24) is 10.2 Å². The second kappa shape index (κ2) is 7.54. The van der Waals surface area contributed by atoms with E-state index in [9.17, 15) is 4.79 Å². The molecule has 1 amide bonds. The van der Waals surface area contributed by atoms with Crippen molar-refractivity contribution in [2.75, 3.05) is 27.2 Å². The quantitative estimate of drug-likeness (QED) is 0.780. The highest BCUT2D eigenvalue weighted by molar-refractivity contribution is 6.32. The molecule has 3 rings (SSSR count). The molecule has 134 valence electrons. The molecule has 0 unspecified atom stereocenters. The van der Waals surface area contributed by atoms with E-state index in [0.29, 0.717) is 12.2 Å². The van der Waals surface area contributed by atoms with Gasteiger partial charge in [-0.05, 0) is 57.1 Å². The number of aryl methyl sites for hydroxylation is 1. The van der Waals surface area contributed by atoms with Crippen molar-refractivity contribution in [3.63, 3.8) is 0 Å². The zero-order valence-corrected chi connectivity index (χ0v) is 15.7. The molecular formula is C21H25BN2O2. The Balaban J connectivity index is 1.73. The van der Waals surface area contributed by atoms with E-state index in [-0.39, 0.29) is 11.4 Å². The standard InChI is InChI=1S/C21H25BN2O2/c1-15-7-8-18(26-12-11-24(2)3)14-19(15)20(25)23-21(9-10-21)16-5-4-6-17(22)13-16/h4-8,13-14H,9-12H2,1-3H3,(H,23,25). The third kappa shape index (κ3) is 4.28. The fraction of sp³-hybridized carbons (Fsp3) is 0.381. The monoisotopic (exact) mass is 348 g/mol. The van der Waals surface area contributed by atoms with Crippen molar-refractivity contribution in [1.29, 1.82) is 0 Å². The Kier molecular flexibility index (Phi) is 5.37. The van der Waals surface area contributed by atoms with Crippen LogP contribution in [0.25, 0.3) is 0 Å². The van der Waals surface area contributed by atoms with E-state index in [2.05, 4.69) is 10.2 Å². The minimum atomic E-state index is -0.291. The van der Waals surface area contributed by atoms with Gasteiger partial charge in [-0.1, -0.05) is 35.8 Å². The minimum Gasteiger partial charge on any atom is -0.492 e. The van der Waals surface area contributed by atoms with Gasteiger partial charge in [-0.3, -0.25) is 4.79 Å². The SMILES string of the molecule is [B]c1cccc(C2(NC(=O)c3cc(OCCN(C)C)ccc3C)CC2)c1. The predicted molar refractivity (Wildman–Crippen MR) is 105 cm³/mol. The van der Waals surface area contributed by atoms with Crippen LogP contribution in [0.2, 0.25) is 0 Å². The number of nitrogens with zero attached hydrogens (tertiary/aromatic N) is 1. The van der Waals surface area contributed by atoms with Gasteiger partial charge >= 0.3 is 0 Å². The fourth-order valence-corrected chi connectivity index (χ4v) is 3.01. The van der Waals surface area contributed by atoms with Gasteiger partial charge in [0.15, 0.2) is 0 Å². The maximum Gasteiger partial charge on any atom is 0.252 e. The predicted octanol–water partition coefficient (Wildman–Crippen LogP) is 2.15. The Hall–Kier alpha value is -2.27. The van der Waals surface area contributed by atoms with Crippen molar-refractivity contribution < 1.29 is 9.53 Å². The Bertz CT molecular complexity index is 800. The van der Waals surface area contributed by atoms with E-state index in [4.69, 9.17) is 12.6 Å². The number of likely N-dealkylation sites (N-methyl/N-ethyl adjacent to an activating group) is 1. The fourth-order valence-electron chi connectivity index (χ4n) is 3.01. The van der Waals surface area contributed by atoms with Crippen LogP contribution >= 0.6 is 0 Å². The number of nitrogens with one attached hydrogen (secondary N) is 1. The van der Waals surface area contributed by atoms with Crippen LogP contribution in [-0.2, 0) is 5.54 Å². The molecular weight excluding hydrogens is 323 g/mol. The van der Waals surface area contributed by atoms with Crippen LogP contribution in [0.4, 0.5) is 0 Å². The van der Waals surface area contributed by atoms with Gasteiger partial charge in [0.1, 0.15) is 20.2 Å². The number of carbonyl (C=O) groups is 1. The van der Waals surface area contributed by atoms with Crippen LogP contribution in [0.5, 0.6) is 5.75 Å². The summed E-state index contributed by atoms with van der Waals surface area (Å²) in [7, 11) is 9.91. The van der Waals surface area contributed by atoms with Crippen molar-refractivity contribution in [3.05, 3.63) is 59.2 Å². The van der Waals surface area contributed by atoms with Gasteiger partial charge in [-0.25, -0.2) is 0 Å². The molecule has 0 spiro atoms. The highest BCUT2D eigenvalue weighted by Crippen LogP contribution is 2.45. The lowest BCUT2D eigenvalue weighted by Gasteiger charge is -2.20. The lowest BCUT2D eigenvalue weighted by atomic mass is 9.91. The first-order valence-electron chi connectivity index (χ1n) is 8.96. The van der Waals surface area contributed by atoms with Crippen LogP contribution in [0, 0.1) is 6.92 Å². The molecule has 2 aromatic carbocycles. The van der Waals surface area contributed by atoms with Gasteiger partial charge in [0, 0.05) is 12.1 Å². The van der Waals surface area contributed by atoms with Gasteiger partial charge in [-0.15, -0.1) is 0 Å². The summed E-state index contributed by atoms with van der Waals surface area (Å²) >= 11 is 0. The summed E-state index contributed by atoms with van der Waals surface area (Å²) < 4.78 is 5.77. The van der Waals surface area contributed by atoms with E-state index in [0.717, 1.165) is 41.7 Å². The zero-order valence-electron chi connectivity index (χ0n) is 15.7. The molecule has 5 heteroatoms. The Morgan fingerprint density at radius 1 is 1.23 bits per heavy atom. The summed E-state index contributed by atoms with van der Waals surface area (Å²) in [6, 6.07) is 13.4. The second-order valence-electron chi connectivity index (χ2n) is 7.29. The maximum atomic E-state index is 12.9. The second-order valence-corrected chi connectivity index (χ2v) is 7.29. The van der Waals surface area contributed by atoms with Gasteiger partial charge in [0.05, 0.1) is 5.54 Å². The Labute approximate surface area is 157 Å². The van der Waals surface area contributed by atoms with E-state index >= 15 is 0 Å². The number of hydrogen-bond acceptors (Lipinski definition) is 3. The lowest BCUT2D eigenvalue weighted by molar-refractivity contribution is 0.0929. The summed E-state index contributed by atoms with van der Waals surface area (Å²) in [5.74, 6) is 0.650. The van der Waals surface area contributed by atoms with E-state index in [1.807, 2.05) is 63.5 Å². The smallest absolute Gasteiger partial charge is 0.252 e. The molecule has 1 aliphatic carbocycles. The number of benzene rings is 2. The number of hydrogen-bond donors (Lipinski definition) is 1. The molecule has 4 nitrogen and oxygen atoms in total. The van der Waals surface area contributed by atoms with Crippen LogP contribution in [-0.4, -0.2) is 45.9 Å². The van der Waals surface area contributed by atoms with E-state index in [1.165, 1.54) is 0 Å². The van der Waals surface area contributed by atoms with Crippen molar-refractivity contribution in [2.45, 2.75) is 25.3 Å². The number of carbonyl (C=O) groups excluding carboxylic acids is 1. The molecule has 0 heterocycles. The summed E-state index contributed by atoms with van der Waals surface area (Å²) in [6.45, 7) is 3.36. The average Bonchev–Trinajstić information content (AvgIpc) is 3.37. The molecule has 0 saturated heterocycles. The summed E-state index contributed by atoms with van der Waals surface area (Å²) in [5.41, 5.74) is 3.09. The number of amides is 1. The molecule has 2 radical (unpaired) electrons. The Morgan fingerprint density at radius 3 is 2.65 bits per heavy atom. The number of rotatable bonds is 7. The topological polar surface area (TPSA) is 41.6 Å². The van der Waals surface area contributed by atoms with Gasteiger partial charge < -0.3 is 15.0 Å². The maximum absolute atomic E-state index is 12.9. The lowest BCUT2D eigenvalue weighted by Crippen LogP contribution is -2.35. The van der Waals surface area contributed by atoms with Crippen molar-refractivity contribution >= 4 is 19.2 Å². The average molecular weight is 348 g/mol. The molecule has 0 bridgehead atoms. The first kappa shape index (κ1) is 18.5. The molecule has 1 fully saturated rings. The molecule has 0 aliphatic heterocycles. The first-order valence-corrected chi connectivity index (χ1v) is 8.96. The van der Waals surface area contributed by atoms with E-state index in [1.54, 1.807) is 0 Å². The molecule has 0 aromatic heterocycles. The van der Waals surface area contributed by atoms with Crippen LogP contribution in [0.3, 0.4) is 0 Å². The highest BCUT2D eigenvalue weighted by atomic mass is 16.5. The molecule has 1 aliphatic rings. The van der Waals surface area contributed by atoms with Gasteiger partial charge in [-0.2, -0.15) is 0 Å². The van der Waals surface area contributed by atoms with Crippen molar-refractivity contribution in [3.8, 4) is 5.75 Å². The molecule has 0 atom stereocenters. The molecule has 2 aromatic rings. The largest absolute Gasteiger partial charge is 0.492 e. The first-order chi connectivity index (χ1) is 12.4. The van der Waals surface area contributed by atoms with E-state index < -0.39 is 0 Å². The molecule has 26 heavy (non-hydrogen) atoms. The third-order valence-electron chi connectivity index (χ3n) is 4.80. The van der Waals surface area contributed by atoms with Crippen LogP contribution in [0.1, 0.15) is 34.3 Å². The zero-order chi connectivity index (χ0) is 18.7.